The van der Waals surface area contributed by atoms with Crippen molar-refractivity contribution in [2.45, 2.75) is 0 Å². The fraction of sp³-hybridized carbons (Fsp3) is 0. The van der Waals surface area contributed by atoms with Crippen LogP contribution in [0.3, 0.4) is 0 Å². The van der Waals surface area contributed by atoms with E-state index in [4.69, 9.17) is 0 Å². The molecule has 2 N–H and O–H groups in total. The molecule has 4 aromatic rings. The van der Waals surface area contributed by atoms with Gasteiger partial charge in [-0.05, 0) is 35.9 Å². The Hall–Kier alpha value is -4.33. The minimum atomic E-state index is -0.475. The van der Waals surface area contributed by atoms with Crippen LogP contribution in [0.1, 0.15) is 15.9 Å². The zero-order valence-electron chi connectivity index (χ0n) is 15.1. The molecule has 0 spiro atoms. The molecule has 0 aliphatic rings. The van der Waals surface area contributed by atoms with E-state index in [2.05, 4.69) is 20.5 Å². The third-order valence-electron chi connectivity index (χ3n) is 4.27. The van der Waals surface area contributed by atoms with Crippen molar-refractivity contribution in [3.8, 4) is 11.4 Å². The van der Waals surface area contributed by atoms with Crippen LogP contribution in [0, 0.1) is 10.1 Å². The van der Waals surface area contributed by atoms with Crippen molar-refractivity contribution in [1.29, 1.82) is 0 Å². The normalized spacial score (nSPS) is 11.0. The maximum atomic E-state index is 12.4. The number of carbonyl (C=O) groups excluding carboxylic acids is 1. The molecular weight excluding hydrogens is 370 g/mol. The maximum Gasteiger partial charge on any atom is 0.271 e. The van der Waals surface area contributed by atoms with E-state index in [1.165, 1.54) is 18.3 Å². The van der Waals surface area contributed by atoms with Gasteiger partial charge in [0.25, 0.3) is 11.6 Å². The van der Waals surface area contributed by atoms with Gasteiger partial charge in [0, 0.05) is 23.3 Å². The van der Waals surface area contributed by atoms with Crippen LogP contribution in [-0.2, 0) is 0 Å². The molecular formula is C21H15N5O3. The Balaban J connectivity index is 1.47. The molecule has 29 heavy (non-hydrogen) atoms. The Morgan fingerprint density at radius 3 is 2.55 bits per heavy atom. The van der Waals surface area contributed by atoms with E-state index in [1.807, 2.05) is 30.3 Å². The summed E-state index contributed by atoms with van der Waals surface area (Å²) in [6, 6.07) is 20.7. The van der Waals surface area contributed by atoms with Crippen molar-refractivity contribution >= 4 is 28.8 Å². The minimum Gasteiger partial charge on any atom is -0.338 e. The van der Waals surface area contributed by atoms with E-state index in [0.717, 1.165) is 22.4 Å². The van der Waals surface area contributed by atoms with Crippen LogP contribution >= 0.6 is 0 Å². The molecule has 0 fully saturated rings. The molecule has 0 atom stereocenters. The van der Waals surface area contributed by atoms with Gasteiger partial charge in [-0.2, -0.15) is 5.10 Å². The fourth-order valence-electron chi connectivity index (χ4n) is 2.80. The molecule has 0 bridgehead atoms. The molecule has 8 nitrogen and oxygen atoms in total. The second-order valence-corrected chi connectivity index (χ2v) is 6.23. The number of nitrogens with zero attached hydrogens (tertiary/aromatic N) is 3. The third-order valence-corrected chi connectivity index (χ3v) is 4.27. The number of imidazole rings is 1. The molecule has 1 aromatic heterocycles. The molecule has 8 heteroatoms. The zero-order chi connectivity index (χ0) is 20.2. The number of hydrogen-bond acceptors (Lipinski definition) is 5. The van der Waals surface area contributed by atoms with Crippen molar-refractivity contribution in [3.63, 3.8) is 0 Å². The largest absolute Gasteiger partial charge is 0.338 e. The standard InChI is InChI=1S/C21H15N5O3/c27-21(25-22-13-14-6-9-17(10-7-14)26(28)29)16-8-11-18-19(12-16)24-20(23-18)15-4-2-1-3-5-15/h1-13H,(H,23,24)(H,25,27)/b22-13+. The average Bonchev–Trinajstić information content (AvgIpc) is 3.18. The van der Waals surface area contributed by atoms with Crippen molar-refractivity contribution in [3.05, 3.63) is 94.0 Å². The summed E-state index contributed by atoms with van der Waals surface area (Å²) in [6.07, 6.45) is 1.42. The lowest BCUT2D eigenvalue weighted by Crippen LogP contribution is -2.17. The number of nitro groups is 1. The molecule has 0 saturated carbocycles. The molecule has 0 unspecified atom stereocenters. The van der Waals surface area contributed by atoms with E-state index < -0.39 is 4.92 Å². The molecule has 3 aromatic carbocycles. The van der Waals surface area contributed by atoms with Crippen LogP contribution in [0.15, 0.2) is 77.9 Å². The van der Waals surface area contributed by atoms with Crippen molar-refractivity contribution in [1.82, 2.24) is 15.4 Å². The summed E-state index contributed by atoms with van der Waals surface area (Å²) in [6.45, 7) is 0. The molecule has 0 saturated heterocycles. The van der Waals surface area contributed by atoms with Crippen LogP contribution in [0.5, 0.6) is 0 Å². The topological polar surface area (TPSA) is 113 Å². The van der Waals surface area contributed by atoms with Gasteiger partial charge in [0.05, 0.1) is 22.2 Å². The number of rotatable bonds is 5. The summed E-state index contributed by atoms with van der Waals surface area (Å²) in [5.74, 6) is 0.357. The second kappa shape index (κ2) is 7.73. The molecule has 1 heterocycles. The number of H-pyrrole nitrogens is 1. The van der Waals surface area contributed by atoms with E-state index in [1.54, 1.807) is 30.3 Å². The van der Waals surface area contributed by atoms with Gasteiger partial charge in [-0.15, -0.1) is 0 Å². The van der Waals surface area contributed by atoms with E-state index in [-0.39, 0.29) is 11.6 Å². The van der Waals surface area contributed by atoms with Crippen LogP contribution < -0.4 is 5.43 Å². The van der Waals surface area contributed by atoms with Crippen molar-refractivity contribution in [2.24, 2.45) is 5.10 Å². The summed E-state index contributed by atoms with van der Waals surface area (Å²) < 4.78 is 0. The highest BCUT2D eigenvalue weighted by Crippen LogP contribution is 2.21. The van der Waals surface area contributed by atoms with E-state index >= 15 is 0 Å². The number of benzene rings is 3. The smallest absolute Gasteiger partial charge is 0.271 e. The van der Waals surface area contributed by atoms with Crippen molar-refractivity contribution in [2.75, 3.05) is 0 Å². The predicted octanol–water partition coefficient (Wildman–Crippen LogP) is 3.90. The molecule has 0 radical (unpaired) electrons. The SMILES string of the molecule is O=C(N/N=C/c1ccc([N+](=O)[O-])cc1)c1ccc2nc(-c3ccccc3)[nH]c2c1. The van der Waals surface area contributed by atoms with Gasteiger partial charge in [0.1, 0.15) is 5.82 Å². The highest BCUT2D eigenvalue weighted by atomic mass is 16.6. The Bertz CT molecular complexity index is 1210. The van der Waals surface area contributed by atoms with Gasteiger partial charge in [-0.25, -0.2) is 10.4 Å². The summed E-state index contributed by atoms with van der Waals surface area (Å²) in [7, 11) is 0. The predicted molar refractivity (Wildman–Crippen MR) is 110 cm³/mol. The van der Waals surface area contributed by atoms with Gasteiger partial charge in [-0.1, -0.05) is 30.3 Å². The monoisotopic (exact) mass is 385 g/mol. The number of nitrogens with one attached hydrogen (secondary N) is 2. The summed E-state index contributed by atoms with van der Waals surface area (Å²) in [5.41, 5.74) is 5.97. The third kappa shape index (κ3) is 4.01. The highest BCUT2D eigenvalue weighted by molar-refractivity contribution is 5.98. The first-order valence-corrected chi connectivity index (χ1v) is 8.73. The van der Waals surface area contributed by atoms with Crippen LogP contribution in [0.25, 0.3) is 22.4 Å². The number of fused-ring (bicyclic) bond motifs is 1. The minimum absolute atomic E-state index is 0.00563. The lowest BCUT2D eigenvalue weighted by Gasteiger charge is -2.00. The molecule has 4 rings (SSSR count). The van der Waals surface area contributed by atoms with Crippen LogP contribution in [-0.4, -0.2) is 27.0 Å². The number of aromatic amines is 1. The van der Waals surface area contributed by atoms with Gasteiger partial charge in [0.2, 0.25) is 0 Å². The molecule has 0 aliphatic heterocycles. The van der Waals surface area contributed by atoms with Crippen LogP contribution in [0.2, 0.25) is 0 Å². The lowest BCUT2D eigenvalue weighted by atomic mass is 10.2. The fourth-order valence-corrected chi connectivity index (χ4v) is 2.80. The van der Waals surface area contributed by atoms with Crippen molar-refractivity contribution < 1.29 is 9.72 Å². The summed E-state index contributed by atoms with van der Waals surface area (Å²) >= 11 is 0. The lowest BCUT2D eigenvalue weighted by molar-refractivity contribution is -0.384. The number of amides is 1. The number of aromatic nitrogens is 2. The van der Waals surface area contributed by atoms with Gasteiger partial charge in [0.15, 0.2) is 0 Å². The Morgan fingerprint density at radius 2 is 1.83 bits per heavy atom. The number of hydrazone groups is 1. The first-order chi connectivity index (χ1) is 14.1. The number of nitro benzene ring substituents is 1. The summed E-state index contributed by atoms with van der Waals surface area (Å²) in [5, 5.41) is 14.6. The average molecular weight is 385 g/mol. The number of hydrogen-bond donors (Lipinski definition) is 2. The van der Waals surface area contributed by atoms with E-state index in [9.17, 15) is 14.9 Å². The maximum absolute atomic E-state index is 12.4. The number of carbonyl (C=O) groups is 1. The molecule has 0 aliphatic carbocycles. The van der Waals surface area contributed by atoms with Gasteiger partial charge >= 0.3 is 0 Å². The quantitative estimate of drug-likeness (QED) is 0.308. The zero-order valence-corrected chi connectivity index (χ0v) is 15.1. The van der Waals surface area contributed by atoms with Gasteiger partial charge in [-0.3, -0.25) is 14.9 Å². The second-order valence-electron chi connectivity index (χ2n) is 6.23. The highest BCUT2D eigenvalue weighted by Gasteiger charge is 2.09. The van der Waals surface area contributed by atoms with Gasteiger partial charge < -0.3 is 4.98 Å². The Labute approximate surface area is 165 Å². The first-order valence-electron chi connectivity index (χ1n) is 8.73. The first kappa shape index (κ1) is 18.1. The Morgan fingerprint density at radius 1 is 1.07 bits per heavy atom. The van der Waals surface area contributed by atoms with Crippen LogP contribution in [0.4, 0.5) is 5.69 Å². The number of non-ortho nitro benzene ring substituents is 1. The molecule has 142 valence electrons. The summed E-state index contributed by atoms with van der Waals surface area (Å²) in [4.78, 5) is 30.3. The van der Waals surface area contributed by atoms with E-state index in [0.29, 0.717) is 11.1 Å². The molecule has 1 amide bonds. The Kier molecular flexibility index (Phi) is 4.81.